The van der Waals surface area contributed by atoms with E-state index >= 15 is 0 Å². The molecule has 6 rings (SSSR count). The number of hydrogen-bond acceptors (Lipinski definition) is 11. The summed E-state index contributed by atoms with van der Waals surface area (Å²) in [7, 11) is 3.17. The van der Waals surface area contributed by atoms with E-state index < -0.39 is 29.7 Å². The molecular formula is C42H41ClN8O6. The fourth-order valence-corrected chi connectivity index (χ4v) is 6.71. The predicted octanol–water partition coefficient (Wildman–Crippen LogP) is 5.04. The summed E-state index contributed by atoms with van der Waals surface area (Å²) < 4.78 is 5.71. The minimum absolute atomic E-state index is 0.0441. The largest absolute Gasteiger partial charge is 0.495 e. The summed E-state index contributed by atoms with van der Waals surface area (Å²) >= 11 is 6.41. The van der Waals surface area contributed by atoms with Crippen molar-refractivity contribution in [1.82, 2.24) is 30.8 Å². The van der Waals surface area contributed by atoms with Gasteiger partial charge >= 0.3 is 0 Å². The fraction of sp³-hybridized carbons (Fsp3) is 0.310. The van der Waals surface area contributed by atoms with E-state index in [1.165, 1.54) is 12.3 Å². The minimum Gasteiger partial charge on any atom is -0.495 e. The van der Waals surface area contributed by atoms with E-state index in [1.54, 1.807) is 32.4 Å². The van der Waals surface area contributed by atoms with Crippen LogP contribution in [-0.4, -0.2) is 77.7 Å². The van der Waals surface area contributed by atoms with Crippen LogP contribution in [-0.2, 0) is 16.0 Å². The molecule has 15 heteroatoms. The number of aryl methyl sites for hydroxylation is 1. The molecule has 1 fully saturated rings. The van der Waals surface area contributed by atoms with Crippen LogP contribution in [0.4, 0.5) is 23.1 Å². The smallest absolute Gasteiger partial charge is 0.270 e. The van der Waals surface area contributed by atoms with Gasteiger partial charge in [-0.2, -0.15) is 4.98 Å². The molecule has 1 aromatic heterocycles. The second kappa shape index (κ2) is 18.4. The normalized spacial score (nSPS) is 14.6. The number of aromatic nitrogens is 2. The zero-order chi connectivity index (χ0) is 40.5. The Bertz CT molecular complexity index is 2290. The fourth-order valence-electron chi connectivity index (χ4n) is 6.58. The van der Waals surface area contributed by atoms with Crippen molar-refractivity contribution in [2.45, 2.75) is 57.9 Å². The highest BCUT2D eigenvalue weighted by atomic mass is 35.5. The molecule has 0 radical (unpaired) electrons. The molecule has 0 bridgehead atoms. The summed E-state index contributed by atoms with van der Waals surface area (Å²) in [5, 5.41) is 15.0. The molecular weight excluding hydrogens is 748 g/mol. The lowest BCUT2D eigenvalue weighted by Crippen LogP contribution is -2.54. The Labute approximate surface area is 335 Å². The number of nitrogens with zero attached hydrogens (tertiary/aromatic N) is 3. The number of benzene rings is 2. The number of nitrogens with one attached hydrogen (secondary N) is 5. The Kier molecular flexibility index (Phi) is 13.0. The summed E-state index contributed by atoms with van der Waals surface area (Å²) in [6.45, 7) is 3.65. The number of unbranched alkanes of at least 4 members (excludes halogenated alkanes) is 3. The van der Waals surface area contributed by atoms with Crippen LogP contribution in [0.15, 0.2) is 48.7 Å². The molecule has 3 aromatic carbocycles. The lowest BCUT2D eigenvalue weighted by atomic mass is 10.0. The van der Waals surface area contributed by atoms with E-state index in [4.69, 9.17) is 16.3 Å². The first-order valence-electron chi connectivity index (χ1n) is 18.5. The first-order valence-corrected chi connectivity index (χ1v) is 18.9. The van der Waals surface area contributed by atoms with E-state index in [0.29, 0.717) is 46.4 Å². The quantitative estimate of drug-likeness (QED) is 0.0618. The number of methoxy groups -OCH3 is 1. The maximum Gasteiger partial charge on any atom is 0.270 e. The SMILES string of the molecule is CNC(=O)c1ccccc1Nc1nc(Nc2cc(C)c(CCNCCCCCC#Cc3cc#cc4c3C(=O)N(C3CCC(=O)NC3=O)C4=O)cc2OC)ncc1Cl. The molecule has 292 valence electrons. The van der Waals surface area contributed by atoms with E-state index in [1.807, 2.05) is 25.1 Å². The van der Waals surface area contributed by atoms with Gasteiger partial charge in [-0.15, -0.1) is 0 Å². The van der Waals surface area contributed by atoms with Gasteiger partial charge < -0.3 is 26.0 Å². The van der Waals surface area contributed by atoms with Gasteiger partial charge in [-0.3, -0.25) is 34.2 Å². The van der Waals surface area contributed by atoms with E-state index in [0.717, 1.165) is 54.8 Å². The number of amides is 5. The van der Waals surface area contributed by atoms with Crippen molar-refractivity contribution in [3.8, 4) is 17.6 Å². The zero-order valence-corrected chi connectivity index (χ0v) is 32.5. The third-order valence-corrected chi connectivity index (χ3v) is 9.85. The molecule has 57 heavy (non-hydrogen) atoms. The van der Waals surface area contributed by atoms with E-state index in [2.05, 4.69) is 60.5 Å². The van der Waals surface area contributed by atoms with Crippen LogP contribution in [0.2, 0.25) is 5.02 Å². The number of para-hydroxylation sites is 1. The number of imide groups is 2. The molecule has 0 saturated carbocycles. The van der Waals surface area contributed by atoms with Crippen LogP contribution in [0.5, 0.6) is 5.75 Å². The number of piperidine rings is 1. The van der Waals surface area contributed by atoms with Gasteiger partial charge in [0, 0.05) is 31.5 Å². The van der Waals surface area contributed by atoms with Gasteiger partial charge in [-0.05, 0) is 81.1 Å². The van der Waals surface area contributed by atoms with Gasteiger partial charge in [0.15, 0.2) is 5.82 Å². The number of anilines is 4. The number of carbonyl (C=O) groups is 5. The molecule has 4 aromatic rings. The maximum atomic E-state index is 13.2. The van der Waals surface area contributed by atoms with Crippen molar-refractivity contribution in [3.63, 3.8) is 0 Å². The molecule has 5 N–H and O–H groups in total. The molecule has 1 saturated heterocycles. The number of halogens is 1. The Balaban J connectivity index is 0.953. The second-order valence-corrected chi connectivity index (χ2v) is 13.8. The van der Waals surface area contributed by atoms with Crippen LogP contribution in [0.1, 0.15) is 86.3 Å². The van der Waals surface area contributed by atoms with Crippen LogP contribution >= 0.6 is 11.6 Å². The van der Waals surface area contributed by atoms with Crippen molar-refractivity contribution in [1.29, 1.82) is 0 Å². The van der Waals surface area contributed by atoms with Crippen molar-refractivity contribution in [3.05, 3.63) is 99.2 Å². The highest BCUT2D eigenvalue weighted by Crippen LogP contribution is 2.33. The van der Waals surface area contributed by atoms with Crippen molar-refractivity contribution >= 4 is 64.3 Å². The standard InChI is InChI=1S/C42H41ClN8O6/c1-25-22-32(48-42-46-24-30(43)37(50-42)47-31-16-9-8-14-28(31)38(53)44-2)34(57-3)23-27(25)19-21-45-20-10-6-4-5-7-12-26-13-11-15-29-36(26)41(56)51(40(29)55)33-17-18-35(52)49-39(33)54/h8-9,13-14,16,22-24,33,45H,4-6,10,17-21H2,1-3H3,(H,44,53)(H,49,52,54)(H2,46,47,48,50). The summed E-state index contributed by atoms with van der Waals surface area (Å²) in [6, 6.07) is 17.0. The molecule has 2 aliphatic heterocycles. The molecule has 5 amide bonds. The van der Waals surface area contributed by atoms with Gasteiger partial charge in [0.1, 0.15) is 22.4 Å². The third-order valence-electron chi connectivity index (χ3n) is 9.57. The van der Waals surface area contributed by atoms with Crippen molar-refractivity contribution in [2.24, 2.45) is 0 Å². The van der Waals surface area contributed by atoms with Gasteiger partial charge in [0.2, 0.25) is 17.8 Å². The Hall–Kier alpha value is -6.48. The third kappa shape index (κ3) is 9.32. The number of fused-ring (bicyclic) bond motifs is 1. The van der Waals surface area contributed by atoms with Crippen LogP contribution in [0.25, 0.3) is 0 Å². The lowest BCUT2D eigenvalue weighted by molar-refractivity contribution is -0.136. The zero-order valence-electron chi connectivity index (χ0n) is 31.7. The number of hydrogen-bond donors (Lipinski definition) is 5. The van der Waals surface area contributed by atoms with Gasteiger partial charge in [0.25, 0.3) is 17.7 Å². The molecule has 0 spiro atoms. The molecule has 1 unspecified atom stereocenters. The minimum atomic E-state index is -1.04. The molecule has 2 aliphatic rings. The number of ether oxygens (including phenoxy) is 1. The van der Waals surface area contributed by atoms with E-state index in [-0.39, 0.29) is 34.9 Å². The maximum absolute atomic E-state index is 13.2. The van der Waals surface area contributed by atoms with Gasteiger partial charge in [0.05, 0.1) is 35.8 Å². The topological polar surface area (TPSA) is 184 Å². The Morgan fingerprint density at radius 3 is 2.68 bits per heavy atom. The Morgan fingerprint density at radius 2 is 1.89 bits per heavy atom. The monoisotopic (exact) mass is 788 g/mol. The highest BCUT2D eigenvalue weighted by Gasteiger charge is 2.45. The summed E-state index contributed by atoms with van der Waals surface area (Å²) in [5.74, 6) is 4.80. The first kappa shape index (κ1) is 40.2. The molecule has 1 atom stereocenters. The molecule has 0 aliphatic carbocycles. The van der Waals surface area contributed by atoms with Gasteiger partial charge in [-0.1, -0.05) is 54.1 Å². The van der Waals surface area contributed by atoms with Crippen LogP contribution in [0, 0.1) is 30.9 Å². The first-order chi connectivity index (χ1) is 27.6. The number of carbonyl (C=O) groups excluding carboxylic acids is 5. The van der Waals surface area contributed by atoms with Crippen LogP contribution in [0.3, 0.4) is 0 Å². The highest BCUT2D eigenvalue weighted by molar-refractivity contribution is 6.33. The summed E-state index contributed by atoms with van der Waals surface area (Å²) in [4.78, 5) is 72.3. The summed E-state index contributed by atoms with van der Waals surface area (Å²) in [6.07, 6.45) is 5.78. The average Bonchev–Trinajstić information content (AvgIpc) is 3.46. The Morgan fingerprint density at radius 1 is 1.07 bits per heavy atom. The van der Waals surface area contributed by atoms with E-state index in [9.17, 15) is 24.0 Å². The summed E-state index contributed by atoms with van der Waals surface area (Å²) in [5.41, 5.74) is 4.43. The van der Waals surface area contributed by atoms with Crippen LogP contribution < -0.4 is 31.3 Å². The predicted molar refractivity (Wildman–Crippen MR) is 214 cm³/mol. The van der Waals surface area contributed by atoms with Crippen molar-refractivity contribution in [2.75, 3.05) is 37.9 Å². The second-order valence-electron chi connectivity index (χ2n) is 13.4. The average molecular weight is 789 g/mol. The number of rotatable bonds is 15. The van der Waals surface area contributed by atoms with Gasteiger partial charge in [-0.25, -0.2) is 4.98 Å². The molecule has 14 nitrogen and oxygen atoms in total. The lowest BCUT2D eigenvalue weighted by Gasteiger charge is -2.27. The molecule has 3 heterocycles. The van der Waals surface area contributed by atoms with Crippen molar-refractivity contribution < 1.29 is 28.7 Å².